The van der Waals surface area contributed by atoms with Crippen LogP contribution in [0.25, 0.3) is 0 Å². The Hall–Kier alpha value is -3.99. The monoisotopic (exact) mass is 367 g/mol. The Labute approximate surface area is 155 Å². The molecule has 0 spiro atoms. The van der Waals surface area contributed by atoms with E-state index in [2.05, 4.69) is 10.6 Å². The summed E-state index contributed by atoms with van der Waals surface area (Å²) in [5.74, 6) is -0.648. The Balaban J connectivity index is 2.10. The Morgan fingerprint density at radius 1 is 1.04 bits per heavy atom. The largest absolute Gasteiger partial charge is 0.493 e. The molecule has 3 N–H and O–H groups in total. The molecule has 8 nitrogen and oxygen atoms in total. The van der Waals surface area contributed by atoms with Gasteiger partial charge in [0.2, 0.25) is 0 Å². The van der Waals surface area contributed by atoms with Crippen LogP contribution in [-0.2, 0) is 4.79 Å². The van der Waals surface area contributed by atoms with Gasteiger partial charge in [-0.2, -0.15) is 5.26 Å². The average Bonchev–Trinajstić information content (AvgIpc) is 2.68. The first-order valence-electron chi connectivity index (χ1n) is 7.72. The SMILES string of the molecule is COc1ccc(N/C=C(/C#N)C(=O)Nc2ccc(C(=O)O)cc2)cc1OC. The maximum Gasteiger partial charge on any atom is 0.335 e. The maximum atomic E-state index is 12.2. The molecular weight excluding hydrogens is 350 g/mol. The Morgan fingerprint density at radius 2 is 1.67 bits per heavy atom. The molecule has 0 atom stereocenters. The van der Waals surface area contributed by atoms with E-state index in [4.69, 9.17) is 14.6 Å². The number of nitriles is 1. The van der Waals surface area contributed by atoms with E-state index in [0.717, 1.165) is 0 Å². The molecular formula is C19H17N3O5. The van der Waals surface area contributed by atoms with E-state index in [1.165, 1.54) is 44.7 Å². The minimum atomic E-state index is -1.07. The van der Waals surface area contributed by atoms with Crippen LogP contribution in [0.5, 0.6) is 11.5 Å². The molecule has 0 aliphatic carbocycles. The second-order valence-electron chi connectivity index (χ2n) is 5.22. The van der Waals surface area contributed by atoms with E-state index < -0.39 is 11.9 Å². The molecule has 0 aliphatic rings. The number of carbonyl (C=O) groups excluding carboxylic acids is 1. The zero-order valence-electron chi connectivity index (χ0n) is 14.6. The fourth-order valence-electron chi connectivity index (χ4n) is 2.12. The topological polar surface area (TPSA) is 121 Å². The van der Waals surface area contributed by atoms with Gasteiger partial charge in [-0.25, -0.2) is 4.79 Å². The van der Waals surface area contributed by atoms with E-state index in [1.807, 2.05) is 6.07 Å². The van der Waals surface area contributed by atoms with Gasteiger partial charge >= 0.3 is 5.97 Å². The Bertz CT molecular complexity index is 914. The number of carboxylic acid groups (broad SMARTS) is 1. The summed E-state index contributed by atoms with van der Waals surface area (Å²) in [6.45, 7) is 0. The van der Waals surface area contributed by atoms with Gasteiger partial charge in [-0.3, -0.25) is 4.79 Å². The predicted molar refractivity (Wildman–Crippen MR) is 98.9 cm³/mol. The quantitative estimate of drug-likeness (QED) is 0.508. The minimum absolute atomic E-state index is 0.0965. The van der Waals surface area contributed by atoms with Crippen molar-refractivity contribution in [3.63, 3.8) is 0 Å². The summed E-state index contributed by atoms with van der Waals surface area (Å²) in [5, 5.41) is 23.5. The lowest BCUT2D eigenvalue weighted by molar-refractivity contribution is -0.112. The highest BCUT2D eigenvalue weighted by Gasteiger charge is 2.11. The summed E-state index contributed by atoms with van der Waals surface area (Å²) in [4.78, 5) is 23.0. The van der Waals surface area contributed by atoms with Gasteiger partial charge in [0, 0.05) is 23.6 Å². The number of benzene rings is 2. The minimum Gasteiger partial charge on any atom is -0.493 e. The lowest BCUT2D eigenvalue weighted by Crippen LogP contribution is -2.14. The molecule has 2 rings (SSSR count). The van der Waals surface area contributed by atoms with Crippen molar-refractivity contribution in [2.45, 2.75) is 0 Å². The van der Waals surface area contributed by atoms with Crippen molar-refractivity contribution in [2.75, 3.05) is 24.9 Å². The van der Waals surface area contributed by atoms with Gasteiger partial charge in [0.15, 0.2) is 11.5 Å². The molecule has 0 aliphatic heterocycles. The normalized spacial score (nSPS) is 10.5. The number of hydrogen-bond donors (Lipinski definition) is 3. The predicted octanol–water partition coefficient (Wildman–Crippen LogP) is 2.86. The number of nitrogens with zero attached hydrogens (tertiary/aromatic N) is 1. The molecule has 0 heterocycles. The van der Waals surface area contributed by atoms with Crippen LogP contribution in [0.4, 0.5) is 11.4 Å². The molecule has 0 aromatic heterocycles. The van der Waals surface area contributed by atoms with E-state index >= 15 is 0 Å². The van der Waals surface area contributed by atoms with E-state index in [0.29, 0.717) is 22.9 Å². The lowest BCUT2D eigenvalue weighted by atomic mass is 10.2. The smallest absolute Gasteiger partial charge is 0.335 e. The van der Waals surface area contributed by atoms with Crippen molar-refractivity contribution in [2.24, 2.45) is 0 Å². The summed E-state index contributed by atoms with van der Waals surface area (Å²) in [5.41, 5.74) is 0.905. The number of aromatic carboxylic acids is 1. The number of ether oxygens (including phenoxy) is 2. The third-order valence-electron chi connectivity index (χ3n) is 3.52. The number of rotatable bonds is 7. The first-order valence-corrected chi connectivity index (χ1v) is 7.72. The highest BCUT2D eigenvalue weighted by molar-refractivity contribution is 6.06. The van der Waals surface area contributed by atoms with Crippen molar-refractivity contribution >= 4 is 23.3 Å². The summed E-state index contributed by atoms with van der Waals surface area (Å²) >= 11 is 0. The molecule has 2 aromatic rings. The van der Waals surface area contributed by atoms with Crippen LogP contribution in [0.15, 0.2) is 54.2 Å². The Morgan fingerprint density at radius 3 is 2.22 bits per heavy atom. The van der Waals surface area contributed by atoms with Gasteiger partial charge in [-0.1, -0.05) is 0 Å². The average molecular weight is 367 g/mol. The Kier molecular flexibility index (Phi) is 6.39. The van der Waals surface area contributed by atoms with Crippen molar-refractivity contribution < 1.29 is 24.2 Å². The van der Waals surface area contributed by atoms with Crippen molar-refractivity contribution in [1.29, 1.82) is 5.26 Å². The van der Waals surface area contributed by atoms with Crippen LogP contribution in [0.3, 0.4) is 0 Å². The molecule has 0 unspecified atom stereocenters. The van der Waals surface area contributed by atoms with Crippen LogP contribution in [0.1, 0.15) is 10.4 Å². The van der Waals surface area contributed by atoms with Gasteiger partial charge < -0.3 is 25.2 Å². The van der Waals surface area contributed by atoms with Crippen LogP contribution in [-0.4, -0.2) is 31.2 Å². The van der Waals surface area contributed by atoms with Crippen LogP contribution in [0, 0.1) is 11.3 Å². The maximum absolute atomic E-state index is 12.2. The number of anilines is 2. The van der Waals surface area contributed by atoms with E-state index in [9.17, 15) is 14.9 Å². The first-order chi connectivity index (χ1) is 13.0. The van der Waals surface area contributed by atoms with Crippen LogP contribution < -0.4 is 20.1 Å². The number of nitrogens with one attached hydrogen (secondary N) is 2. The molecule has 27 heavy (non-hydrogen) atoms. The fraction of sp³-hybridized carbons (Fsp3) is 0.105. The summed E-state index contributed by atoms with van der Waals surface area (Å²) in [6.07, 6.45) is 1.27. The van der Waals surface area contributed by atoms with Crippen molar-refractivity contribution in [3.8, 4) is 17.6 Å². The molecule has 0 fully saturated rings. The fourth-order valence-corrected chi connectivity index (χ4v) is 2.12. The number of carboxylic acids is 1. The molecule has 8 heteroatoms. The number of carbonyl (C=O) groups is 2. The zero-order valence-corrected chi connectivity index (χ0v) is 14.6. The second-order valence-corrected chi connectivity index (χ2v) is 5.22. The van der Waals surface area contributed by atoms with E-state index in [-0.39, 0.29) is 11.1 Å². The van der Waals surface area contributed by atoms with Gasteiger partial charge in [-0.05, 0) is 36.4 Å². The van der Waals surface area contributed by atoms with Crippen molar-refractivity contribution in [3.05, 3.63) is 59.8 Å². The van der Waals surface area contributed by atoms with Gasteiger partial charge in [0.05, 0.1) is 19.8 Å². The molecule has 138 valence electrons. The third-order valence-corrected chi connectivity index (χ3v) is 3.52. The van der Waals surface area contributed by atoms with Gasteiger partial charge in [0.25, 0.3) is 5.91 Å². The third kappa shape index (κ3) is 4.99. The molecule has 0 saturated carbocycles. The summed E-state index contributed by atoms with van der Waals surface area (Å²) in [6, 6.07) is 12.5. The number of hydrogen-bond acceptors (Lipinski definition) is 6. The summed E-state index contributed by atoms with van der Waals surface area (Å²) < 4.78 is 10.3. The van der Waals surface area contributed by atoms with Gasteiger partial charge in [0.1, 0.15) is 11.6 Å². The standard InChI is InChI=1S/C19H17N3O5/c1-26-16-8-7-15(9-17(16)27-2)21-11-13(10-20)18(23)22-14-5-3-12(4-6-14)19(24)25/h3-9,11,21H,1-2H3,(H,22,23)(H,24,25)/b13-11-. The summed E-state index contributed by atoms with van der Waals surface area (Å²) in [7, 11) is 3.02. The number of methoxy groups -OCH3 is 2. The molecule has 0 radical (unpaired) electrons. The zero-order chi connectivity index (χ0) is 19.8. The van der Waals surface area contributed by atoms with Crippen LogP contribution >= 0.6 is 0 Å². The highest BCUT2D eigenvalue weighted by Crippen LogP contribution is 2.29. The second kappa shape index (κ2) is 8.92. The van der Waals surface area contributed by atoms with E-state index in [1.54, 1.807) is 18.2 Å². The lowest BCUT2D eigenvalue weighted by Gasteiger charge is -2.10. The molecule has 0 bridgehead atoms. The van der Waals surface area contributed by atoms with Crippen molar-refractivity contribution in [1.82, 2.24) is 0 Å². The molecule has 0 saturated heterocycles. The van der Waals surface area contributed by atoms with Crippen LogP contribution in [0.2, 0.25) is 0 Å². The molecule has 1 amide bonds. The first kappa shape index (κ1) is 19.3. The van der Waals surface area contributed by atoms with Gasteiger partial charge in [-0.15, -0.1) is 0 Å². The highest BCUT2D eigenvalue weighted by atomic mass is 16.5. The molecule has 2 aromatic carbocycles. The number of amides is 1.